The van der Waals surface area contributed by atoms with E-state index in [1.807, 2.05) is 47.4 Å². The Morgan fingerprint density at radius 2 is 2.05 bits per heavy atom. The highest BCUT2D eigenvalue weighted by atomic mass is 32.2. The molecule has 0 spiro atoms. The van der Waals surface area contributed by atoms with Gasteiger partial charge in [-0.2, -0.15) is 0 Å². The van der Waals surface area contributed by atoms with Crippen molar-refractivity contribution in [3.63, 3.8) is 0 Å². The SMILES string of the molecule is OC1(c2ccccc2)CSC(=S)N1Cc1cccnc1. The van der Waals surface area contributed by atoms with Gasteiger partial charge in [-0.1, -0.05) is 60.4 Å². The van der Waals surface area contributed by atoms with Crippen molar-refractivity contribution in [2.24, 2.45) is 0 Å². The smallest absolute Gasteiger partial charge is 0.175 e. The molecule has 1 aliphatic heterocycles. The minimum absolute atomic E-state index is 0.552. The Kier molecular flexibility index (Phi) is 3.74. The lowest BCUT2D eigenvalue weighted by Crippen LogP contribution is -2.43. The van der Waals surface area contributed by atoms with Gasteiger partial charge >= 0.3 is 0 Å². The largest absolute Gasteiger partial charge is 0.366 e. The Morgan fingerprint density at radius 1 is 1.25 bits per heavy atom. The molecule has 20 heavy (non-hydrogen) atoms. The molecule has 102 valence electrons. The molecule has 0 aliphatic carbocycles. The summed E-state index contributed by atoms with van der Waals surface area (Å²) in [6, 6.07) is 13.6. The van der Waals surface area contributed by atoms with E-state index in [1.54, 1.807) is 12.4 Å². The average Bonchev–Trinajstić information content (AvgIpc) is 2.79. The molecule has 1 atom stereocenters. The lowest BCUT2D eigenvalue weighted by atomic mass is 10.0. The Labute approximate surface area is 127 Å². The van der Waals surface area contributed by atoms with Gasteiger partial charge in [0.1, 0.15) is 4.32 Å². The molecule has 0 radical (unpaired) electrons. The average molecular weight is 302 g/mol. The van der Waals surface area contributed by atoms with Crippen LogP contribution in [0.15, 0.2) is 54.9 Å². The second kappa shape index (κ2) is 5.52. The predicted molar refractivity (Wildman–Crippen MR) is 85.2 cm³/mol. The lowest BCUT2D eigenvalue weighted by Gasteiger charge is -2.34. The van der Waals surface area contributed by atoms with Gasteiger partial charge in [0, 0.05) is 24.5 Å². The summed E-state index contributed by atoms with van der Waals surface area (Å²) in [5.74, 6) is 0.552. The molecule has 3 rings (SSSR count). The number of aliphatic hydroxyl groups is 1. The molecule has 1 aromatic carbocycles. The van der Waals surface area contributed by atoms with Crippen LogP contribution in [0.5, 0.6) is 0 Å². The number of pyridine rings is 1. The van der Waals surface area contributed by atoms with Crippen molar-refractivity contribution in [3.8, 4) is 0 Å². The van der Waals surface area contributed by atoms with Gasteiger partial charge in [0.15, 0.2) is 5.72 Å². The molecule has 1 aromatic heterocycles. The van der Waals surface area contributed by atoms with Crippen molar-refractivity contribution in [1.29, 1.82) is 0 Å². The maximum atomic E-state index is 11.1. The fourth-order valence-corrected chi connectivity index (χ4v) is 3.69. The number of hydrogen-bond donors (Lipinski definition) is 1. The Bertz CT molecular complexity index is 606. The van der Waals surface area contributed by atoms with Gasteiger partial charge in [-0.3, -0.25) is 4.98 Å². The number of hydrogen-bond acceptors (Lipinski definition) is 4. The minimum Gasteiger partial charge on any atom is -0.366 e. The summed E-state index contributed by atoms with van der Waals surface area (Å²) in [5.41, 5.74) is 0.863. The summed E-state index contributed by atoms with van der Waals surface area (Å²) in [6.45, 7) is 0.561. The zero-order valence-corrected chi connectivity index (χ0v) is 12.4. The van der Waals surface area contributed by atoms with E-state index in [0.717, 1.165) is 15.4 Å². The minimum atomic E-state index is -1.04. The molecule has 5 heteroatoms. The number of thioether (sulfide) groups is 1. The Balaban J connectivity index is 1.93. The third kappa shape index (κ3) is 2.44. The fraction of sp³-hybridized carbons (Fsp3) is 0.200. The number of rotatable bonds is 3. The molecule has 1 saturated heterocycles. The van der Waals surface area contributed by atoms with E-state index in [9.17, 15) is 5.11 Å². The van der Waals surface area contributed by atoms with Gasteiger partial charge in [-0.15, -0.1) is 0 Å². The molecule has 0 saturated carbocycles. The molecular formula is C15H14N2OS2. The summed E-state index contributed by atoms with van der Waals surface area (Å²) in [5, 5.41) is 11.1. The third-order valence-electron chi connectivity index (χ3n) is 3.36. The quantitative estimate of drug-likeness (QED) is 0.882. The first-order valence-electron chi connectivity index (χ1n) is 6.31. The first kappa shape index (κ1) is 13.5. The first-order chi connectivity index (χ1) is 9.70. The van der Waals surface area contributed by atoms with Crippen LogP contribution in [0, 0.1) is 0 Å². The fourth-order valence-electron chi connectivity index (χ4n) is 2.28. The van der Waals surface area contributed by atoms with Crippen molar-refractivity contribution in [2.75, 3.05) is 5.75 Å². The van der Waals surface area contributed by atoms with Crippen molar-refractivity contribution in [2.45, 2.75) is 12.3 Å². The van der Waals surface area contributed by atoms with E-state index >= 15 is 0 Å². The monoisotopic (exact) mass is 302 g/mol. The highest BCUT2D eigenvalue weighted by Crippen LogP contribution is 2.39. The summed E-state index contributed by atoms with van der Waals surface area (Å²) in [7, 11) is 0. The van der Waals surface area contributed by atoms with Crippen molar-refractivity contribution < 1.29 is 5.11 Å². The van der Waals surface area contributed by atoms with Crippen LogP contribution in [0.3, 0.4) is 0 Å². The van der Waals surface area contributed by atoms with Gasteiger partial charge in [0.05, 0.1) is 5.75 Å². The van der Waals surface area contributed by atoms with Crippen LogP contribution in [0.4, 0.5) is 0 Å². The van der Waals surface area contributed by atoms with Crippen LogP contribution in [0.2, 0.25) is 0 Å². The summed E-state index contributed by atoms with van der Waals surface area (Å²) in [4.78, 5) is 5.99. The van der Waals surface area contributed by atoms with Gasteiger partial charge in [-0.05, 0) is 11.6 Å². The molecule has 1 unspecified atom stereocenters. The van der Waals surface area contributed by atoms with Gasteiger partial charge < -0.3 is 10.0 Å². The topological polar surface area (TPSA) is 36.4 Å². The number of thiocarbonyl (C=S) groups is 1. The van der Waals surface area contributed by atoms with Crippen LogP contribution < -0.4 is 0 Å². The number of aromatic nitrogens is 1. The molecule has 2 aromatic rings. The molecule has 0 amide bonds. The van der Waals surface area contributed by atoms with Crippen LogP contribution in [0.25, 0.3) is 0 Å². The van der Waals surface area contributed by atoms with E-state index in [2.05, 4.69) is 4.98 Å². The van der Waals surface area contributed by atoms with Crippen LogP contribution in [-0.2, 0) is 12.3 Å². The van der Waals surface area contributed by atoms with Crippen LogP contribution in [-0.4, -0.2) is 25.1 Å². The molecule has 3 nitrogen and oxygen atoms in total. The maximum absolute atomic E-state index is 11.1. The van der Waals surface area contributed by atoms with Crippen LogP contribution >= 0.6 is 24.0 Å². The molecular weight excluding hydrogens is 288 g/mol. The summed E-state index contributed by atoms with van der Waals surface area (Å²) >= 11 is 6.91. The second-order valence-electron chi connectivity index (χ2n) is 4.68. The highest BCUT2D eigenvalue weighted by Gasteiger charge is 2.43. The summed E-state index contributed by atoms with van der Waals surface area (Å²) in [6.07, 6.45) is 3.54. The van der Waals surface area contributed by atoms with E-state index in [0.29, 0.717) is 12.3 Å². The van der Waals surface area contributed by atoms with E-state index < -0.39 is 5.72 Å². The van der Waals surface area contributed by atoms with E-state index in [4.69, 9.17) is 12.2 Å². The van der Waals surface area contributed by atoms with E-state index in [-0.39, 0.29) is 0 Å². The van der Waals surface area contributed by atoms with Gasteiger partial charge in [0.25, 0.3) is 0 Å². The van der Waals surface area contributed by atoms with Crippen LogP contribution in [0.1, 0.15) is 11.1 Å². The zero-order chi connectivity index (χ0) is 14.0. The number of nitrogens with zero attached hydrogens (tertiary/aromatic N) is 2. The second-order valence-corrected chi connectivity index (χ2v) is 6.29. The van der Waals surface area contributed by atoms with Gasteiger partial charge in [-0.25, -0.2) is 0 Å². The normalized spacial score (nSPS) is 22.2. The summed E-state index contributed by atoms with van der Waals surface area (Å²) < 4.78 is 0.722. The van der Waals surface area contributed by atoms with Crippen molar-refractivity contribution in [3.05, 3.63) is 66.0 Å². The Hall–Kier alpha value is -1.43. The Morgan fingerprint density at radius 3 is 2.75 bits per heavy atom. The predicted octanol–water partition coefficient (Wildman–Crippen LogP) is 2.76. The standard InChI is InChI=1S/C15H14N2OS2/c18-15(13-6-2-1-3-7-13)11-20-14(19)17(15)10-12-5-4-8-16-9-12/h1-9,18H,10-11H2. The first-order valence-corrected chi connectivity index (χ1v) is 7.71. The maximum Gasteiger partial charge on any atom is 0.175 e. The van der Waals surface area contributed by atoms with Crippen molar-refractivity contribution >= 4 is 28.3 Å². The third-order valence-corrected chi connectivity index (χ3v) is 4.95. The highest BCUT2D eigenvalue weighted by molar-refractivity contribution is 8.23. The van der Waals surface area contributed by atoms with Crippen molar-refractivity contribution in [1.82, 2.24) is 9.88 Å². The molecule has 0 bridgehead atoms. The molecule has 1 fully saturated rings. The molecule has 2 heterocycles. The van der Waals surface area contributed by atoms with E-state index in [1.165, 1.54) is 11.8 Å². The zero-order valence-electron chi connectivity index (χ0n) is 10.8. The number of benzene rings is 1. The molecule has 1 N–H and O–H groups in total. The lowest BCUT2D eigenvalue weighted by molar-refractivity contribution is -0.0509. The molecule has 1 aliphatic rings. The van der Waals surface area contributed by atoms with Gasteiger partial charge in [0.2, 0.25) is 0 Å².